The molecule has 190 valence electrons. The second-order valence-corrected chi connectivity index (χ2v) is 8.00. The minimum atomic E-state index is -0.314. The minimum Gasteiger partial charge on any atom is -0.494 e. The summed E-state index contributed by atoms with van der Waals surface area (Å²) in [7, 11) is 0. The summed E-state index contributed by atoms with van der Waals surface area (Å²) < 4.78 is 17.4. The Morgan fingerprint density at radius 3 is 2.54 bits per heavy atom. The van der Waals surface area contributed by atoms with Crippen LogP contribution in [0.2, 0.25) is 0 Å². The first-order chi connectivity index (χ1) is 18.0. The third-order valence-electron chi connectivity index (χ3n) is 5.42. The van der Waals surface area contributed by atoms with Crippen molar-refractivity contribution in [3.8, 4) is 34.5 Å². The van der Waals surface area contributed by atoms with Gasteiger partial charge in [0.2, 0.25) is 5.88 Å². The number of carbonyl (C=O) groups is 1. The van der Waals surface area contributed by atoms with Crippen LogP contribution < -0.4 is 19.5 Å². The SMILES string of the molecule is CCOc1ccc(OCC)c(NC(=O)c2ccc(C)c(Oc3ncccc3-c3ncnc(CC)n3)c2)c1. The molecule has 37 heavy (non-hydrogen) atoms. The molecule has 0 radical (unpaired) electrons. The van der Waals surface area contributed by atoms with Crippen LogP contribution in [0.3, 0.4) is 0 Å². The van der Waals surface area contributed by atoms with Crippen LogP contribution in [0.25, 0.3) is 11.4 Å². The first-order valence-electron chi connectivity index (χ1n) is 12.1. The zero-order valence-electron chi connectivity index (χ0n) is 21.3. The number of hydrogen-bond donors (Lipinski definition) is 1. The molecule has 4 aromatic rings. The predicted octanol–water partition coefficient (Wildman–Crippen LogP) is 5.65. The Kier molecular flexibility index (Phi) is 8.25. The summed E-state index contributed by atoms with van der Waals surface area (Å²) in [4.78, 5) is 30.6. The Labute approximate surface area is 215 Å². The van der Waals surface area contributed by atoms with Gasteiger partial charge in [0.05, 0.1) is 24.5 Å². The number of aryl methyl sites for hydroxylation is 2. The lowest BCUT2D eigenvalue weighted by Crippen LogP contribution is -2.13. The van der Waals surface area contributed by atoms with E-state index < -0.39 is 0 Å². The normalized spacial score (nSPS) is 10.6. The van der Waals surface area contributed by atoms with Crippen molar-refractivity contribution in [2.45, 2.75) is 34.1 Å². The largest absolute Gasteiger partial charge is 0.494 e. The van der Waals surface area contributed by atoms with Gasteiger partial charge in [-0.1, -0.05) is 13.0 Å². The van der Waals surface area contributed by atoms with Gasteiger partial charge in [-0.2, -0.15) is 0 Å². The van der Waals surface area contributed by atoms with Gasteiger partial charge in [-0.3, -0.25) is 4.79 Å². The Balaban J connectivity index is 1.61. The molecule has 0 unspecified atom stereocenters. The highest BCUT2D eigenvalue weighted by molar-refractivity contribution is 6.05. The van der Waals surface area contributed by atoms with Crippen LogP contribution in [-0.4, -0.2) is 39.1 Å². The van der Waals surface area contributed by atoms with E-state index in [9.17, 15) is 4.79 Å². The molecule has 0 atom stereocenters. The number of carbonyl (C=O) groups excluding carboxylic acids is 1. The zero-order chi connectivity index (χ0) is 26.2. The summed E-state index contributed by atoms with van der Waals surface area (Å²) in [5, 5.41) is 2.93. The maximum Gasteiger partial charge on any atom is 0.255 e. The van der Waals surface area contributed by atoms with E-state index in [0.717, 1.165) is 5.56 Å². The summed E-state index contributed by atoms with van der Waals surface area (Å²) >= 11 is 0. The van der Waals surface area contributed by atoms with Crippen LogP contribution in [-0.2, 0) is 6.42 Å². The number of amides is 1. The molecular weight excluding hydrogens is 470 g/mol. The number of ether oxygens (including phenoxy) is 3. The van der Waals surface area contributed by atoms with Crippen molar-refractivity contribution in [1.29, 1.82) is 0 Å². The molecule has 0 fully saturated rings. The molecule has 0 bridgehead atoms. The fourth-order valence-electron chi connectivity index (χ4n) is 3.57. The summed E-state index contributed by atoms with van der Waals surface area (Å²) in [6.07, 6.45) is 3.79. The number of anilines is 1. The van der Waals surface area contributed by atoms with E-state index in [2.05, 4.69) is 25.3 Å². The maximum absolute atomic E-state index is 13.2. The number of benzene rings is 2. The third-order valence-corrected chi connectivity index (χ3v) is 5.42. The maximum atomic E-state index is 13.2. The van der Waals surface area contributed by atoms with E-state index in [-0.39, 0.29) is 5.91 Å². The van der Waals surface area contributed by atoms with Gasteiger partial charge in [-0.25, -0.2) is 19.9 Å². The summed E-state index contributed by atoms with van der Waals surface area (Å²) in [6, 6.07) is 14.2. The lowest BCUT2D eigenvalue weighted by atomic mass is 10.1. The molecule has 2 aromatic heterocycles. The summed E-state index contributed by atoms with van der Waals surface area (Å²) in [5.41, 5.74) is 2.40. The van der Waals surface area contributed by atoms with E-state index in [1.807, 2.05) is 45.9 Å². The van der Waals surface area contributed by atoms with Gasteiger partial charge in [0.15, 0.2) is 5.82 Å². The third kappa shape index (κ3) is 6.19. The molecule has 9 heteroatoms. The molecule has 0 aliphatic rings. The summed E-state index contributed by atoms with van der Waals surface area (Å²) in [6.45, 7) is 8.64. The van der Waals surface area contributed by atoms with E-state index >= 15 is 0 Å². The standard InChI is InChI=1S/C28H29N5O4/c1-5-25-30-17-31-26(33-25)21-9-8-14-29-28(21)37-24-15-19(11-10-18(24)4)27(34)32-22-16-20(35-6-2)12-13-23(22)36-7-3/h8-17H,5-7H2,1-4H3,(H,32,34). The number of hydrogen-bond acceptors (Lipinski definition) is 8. The average Bonchev–Trinajstić information content (AvgIpc) is 2.92. The molecule has 2 heterocycles. The van der Waals surface area contributed by atoms with Crippen molar-refractivity contribution < 1.29 is 19.0 Å². The van der Waals surface area contributed by atoms with E-state index in [1.54, 1.807) is 36.5 Å². The molecule has 2 aromatic carbocycles. The lowest BCUT2D eigenvalue weighted by molar-refractivity contribution is 0.102. The molecule has 0 spiro atoms. The fraction of sp³-hybridized carbons (Fsp3) is 0.250. The molecule has 0 aliphatic carbocycles. The number of aromatic nitrogens is 4. The fourth-order valence-corrected chi connectivity index (χ4v) is 3.57. The highest BCUT2D eigenvalue weighted by atomic mass is 16.5. The molecule has 0 saturated carbocycles. The molecule has 9 nitrogen and oxygen atoms in total. The van der Waals surface area contributed by atoms with Crippen molar-refractivity contribution in [1.82, 2.24) is 19.9 Å². The monoisotopic (exact) mass is 499 g/mol. The second-order valence-electron chi connectivity index (χ2n) is 8.00. The van der Waals surface area contributed by atoms with Crippen LogP contribution in [0, 0.1) is 6.92 Å². The minimum absolute atomic E-state index is 0.314. The molecular formula is C28H29N5O4. The molecule has 0 aliphatic heterocycles. The van der Waals surface area contributed by atoms with Gasteiger partial charge in [-0.05, 0) is 62.7 Å². The predicted molar refractivity (Wildman–Crippen MR) is 140 cm³/mol. The van der Waals surface area contributed by atoms with Crippen LogP contribution in [0.5, 0.6) is 23.1 Å². The van der Waals surface area contributed by atoms with Crippen LogP contribution in [0.15, 0.2) is 61.1 Å². The highest BCUT2D eigenvalue weighted by Crippen LogP contribution is 2.33. The van der Waals surface area contributed by atoms with Gasteiger partial charge < -0.3 is 19.5 Å². The molecule has 1 amide bonds. The molecule has 1 N–H and O–H groups in total. The number of nitrogens with zero attached hydrogens (tertiary/aromatic N) is 4. The van der Waals surface area contributed by atoms with Gasteiger partial charge in [0, 0.05) is 24.2 Å². The van der Waals surface area contributed by atoms with Gasteiger partial charge in [-0.15, -0.1) is 0 Å². The van der Waals surface area contributed by atoms with E-state index in [1.165, 1.54) is 6.33 Å². The quantitative estimate of drug-likeness (QED) is 0.298. The smallest absolute Gasteiger partial charge is 0.255 e. The van der Waals surface area contributed by atoms with Crippen LogP contribution in [0.1, 0.15) is 42.5 Å². The van der Waals surface area contributed by atoms with E-state index in [4.69, 9.17) is 14.2 Å². The van der Waals surface area contributed by atoms with Gasteiger partial charge in [0.1, 0.15) is 29.4 Å². The Morgan fingerprint density at radius 2 is 1.76 bits per heavy atom. The van der Waals surface area contributed by atoms with Gasteiger partial charge in [0.25, 0.3) is 5.91 Å². The Hall–Kier alpha value is -4.53. The zero-order valence-corrected chi connectivity index (χ0v) is 21.3. The Bertz CT molecular complexity index is 1390. The van der Waals surface area contributed by atoms with Crippen molar-refractivity contribution in [3.05, 3.63) is 78.0 Å². The Morgan fingerprint density at radius 1 is 0.919 bits per heavy atom. The van der Waals surface area contributed by atoms with Crippen LogP contribution in [0.4, 0.5) is 5.69 Å². The summed E-state index contributed by atoms with van der Waals surface area (Å²) in [5.74, 6) is 2.86. The number of nitrogens with one attached hydrogen (secondary N) is 1. The molecule has 4 rings (SSSR count). The first-order valence-corrected chi connectivity index (χ1v) is 12.1. The topological polar surface area (TPSA) is 108 Å². The average molecular weight is 500 g/mol. The number of rotatable bonds is 10. The molecule has 0 saturated heterocycles. The van der Waals surface area contributed by atoms with Crippen molar-refractivity contribution in [2.24, 2.45) is 0 Å². The van der Waals surface area contributed by atoms with Crippen molar-refractivity contribution in [3.63, 3.8) is 0 Å². The lowest BCUT2D eigenvalue weighted by Gasteiger charge is -2.15. The van der Waals surface area contributed by atoms with E-state index in [0.29, 0.717) is 71.2 Å². The van der Waals surface area contributed by atoms with Gasteiger partial charge >= 0.3 is 0 Å². The number of pyridine rings is 1. The first kappa shape index (κ1) is 25.6. The highest BCUT2D eigenvalue weighted by Gasteiger charge is 2.16. The van der Waals surface area contributed by atoms with Crippen molar-refractivity contribution in [2.75, 3.05) is 18.5 Å². The van der Waals surface area contributed by atoms with Crippen molar-refractivity contribution >= 4 is 11.6 Å². The van der Waals surface area contributed by atoms with Crippen LogP contribution >= 0.6 is 0 Å². The second kappa shape index (κ2) is 11.9.